The molecule has 1 saturated heterocycles. The molecule has 0 unspecified atom stereocenters. The molecule has 0 amide bonds. The third-order valence-corrected chi connectivity index (χ3v) is 3.49. The average Bonchev–Trinajstić information content (AvgIpc) is 2.47. The van der Waals surface area contributed by atoms with Gasteiger partial charge in [-0.3, -0.25) is 4.90 Å². The zero-order chi connectivity index (χ0) is 12.8. The van der Waals surface area contributed by atoms with Gasteiger partial charge in [-0.2, -0.15) is 0 Å². The monoisotopic (exact) mass is 280 g/mol. The highest BCUT2D eigenvalue weighted by molar-refractivity contribution is 5.38. The van der Waals surface area contributed by atoms with E-state index in [1.807, 2.05) is 0 Å². The van der Waals surface area contributed by atoms with Crippen LogP contribution in [0.4, 0.5) is 0 Å². The van der Waals surface area contributed by atoms with E-state index in [9.17, 15) is 10.2 Å². The number of hydrogen-bond acceptors (Lipinski definition) is 3. The number of hydrogen-bond donors (Lipinski definition) is 2. The molecule has 1 aliphatic rings. The lowest BCUT2D eigenvalue weighted by Gasteiger charge is -2.22. The molecular weight excluding hydrogens is 250 g/mol. The van der Waals surface area contributed by atoms with Crippen molar-refractivity contribution < 1.29 is 10.2 Å². The van der Waals surface area contributed by atoms with Crippen molar-refractivity contribution in [3.05, 3.63) is 30.2 Å². The minimum Gasteiger partial charge on any atom is -0.508 e. The highest BCUT2D eigenvalue weighted by Crippen LogP contribution is 2.24. The molecule has 2 N–H and O–H groups in total. The lowest BCUT2D eigenvalue weighted by molar-refractivity contribution is 0.262. The summed E-state index contributed by atoms with van der Waals surface area (Å²) >= 11 is 0. The summed E-state index contributed by atoms with van der Waals surface area (Å²) in [4.78, 5) is 2.38. The van der Waals surface area contributed by atoms with Gasteiger partial charge in [0, 0.05) is 18.2 Å². The molecule has 0 aliphatic carbocycles. The SMILES string of the molecule is C.C.Oc1ccc(CN2CC[CH]CCCCC2)c(O)c1. The quantitative estimate of drug-likeness (QED) is 0.847. The van der Waals surface area contributed by atoms with E-state index in [0.29, 0.717) is 0 Å². The van der Waals surface area contributed by atoms with Gasteiger partial charge in [-0.05, 0) is 38.4 Å². The van der Waals surface area contributed by atoms with E-state index in [4.69, 9.17) is 0 Å². The summed E-state index contributed by atoms with van der Waals surface area (Å²) in [6.45, 7) is 2.91. The highest BCUT2D eigenvalue weighted by Gasteiger charge is 2.10. The predicted molar refractivity (Wildman–Crippen MR) is 85.9 cm³/mol. The minimum atomic E-state index is 0. The molecule has 3 nitrogen and oxygen atoms in total. The lowest BCUT2D eigenvalue weighted by atomic mass is 10.1. The maximum absolute atomic E-state index is 9.81. The maximum Gasteiger partial charge on any atom is 0.123 e. The summed E-state index contributed by atoms with van der Waals surface area (Å²) < 4.78 is 0. The smallest absolute Gasteiger partial charge is 0.123 e. The molecule has 1 fully saturated rings. The molecule has 1 aromatic carbocycles. The van der Waals surface area contributed by atoms with Gasteiger partial charge >= 0.3 is 0 Å². The Morgan fingerprint density at radius 3 is 2.50 bits per heavy atom. The number of phenols is 2. The van der Waals surface area contributed by atoms with Crippen molar-refractivity contribution in [3.8, 4) is 11.5 Å². The van der Waals surface area contributed by atoms with E-state index >= 15 is 0 Å². The first kappa shape index (κ1) is 18.8. The Morgan fingerprint density at radius 1 is 0.950 bits per heavy atom. The van der Waals surface area contributed by atoms with Crippen LogP contribution in [-0.2, 0) is 6.54 Å². The normalized spacial score (nSPS) is 17.0. The summed E-state index contributed by atoms with van der Waals surface area (Å²) in [6.07, 6.45) is 8.55. The van der Waals surface area contributed by atoms with Crippen molar-refractivity contribution in [1.82, 2.24) is 4.90 Å². The second kappa shape index (κ2) is 9.65. The van der Waals surface area contributed by atoms with Crippen molar-refractivity contribution in [2.24, 2.45) is 0 Å². The third kappa shape index (κ3) is 5.83. The Morgan fingerprint density at radius 2 is 1.75 bits per heavy atom. The van der Waals surface area contributed by atoms with Crippen LogP contribution < -0.4 is 0 Å². The number of nitrogens with zero attached hydrogens (tertiary/aromatic N) is 1. The second-order valence-corrected chi connectivity index (χ2v) is 5.02. The number of aromatic hydroxyl groups is 2. The molecule has 2 rings (SSSR count). The topological polar surface area (TPSA) is 43.7 Å². The molecule has 1 aliphatic heterocycles. The van der Waals surface area contributed by atoms with E-state index in [0.717, 1.165) is 31.6 Å². The Labute approximate surface area is 124 Å². The average molecular weight is 280 g/mol. The number of rotatable bonds is 2. The highest BCUT2D eigenvalue weighted by atomic mass is 16.3. The molecule has 0 aromatic heterocycles. The summed E-state index contributed by atoms with van der Waals surface area (Å²) in [5.41, 5.74) is 0.895. The number of benzene rings is 1. The van der Waals surface area contributed by atoms with Crippen molar-refractivity contribution in [3.63, 3.8) is 0 Å². The second-order valence-electron chi connectivity index (χ2n) is 5.02. The Bertz CT molecular complexity index is 369. The molecule has 115 valence electrons. The zero-order valence-electron chi connectivity index (χ0n) is 10.8. The number of phenolic OH excluding ortho intramolecular Hbond substituents is 2. The van der Waals surface area contributed by atoms with Crippen molar-refractivity contribution in [2.75, 3.05) is 13.1 Å². The summed E-state index contributed by atoms with van der Waals surface area (Å²) in [5.74, 6) is 0.313. The summed E-state index contributed by atoms with van der Waals surface area (Å²) in [7, 11) is 0. The predicted octanol–water partition coefficient (Wildman–Crippen LogP) is 4.34. The van der Waals surface area contributed by atoms with Gasteiger partial charge < -0.3 is 10.2 Å². The van der Waals surface area contributed by atoms with Crippen molar-refractivity contribution in [2.45, 2.75) is 53.5 Å². The van der Waals surface area contributed by atoms with E-state index < -0.39 is 0 Å². The van der Waals surface area contributed by atoms with Gasteiger partial charge in [0.15, 0.2) is 0 Å². The molecular formula is C17H30NO2. The first-order valence-corrected chi connectivity index (χ1v) is 6.80. The van der Waals surface area contributed by atoms with Gasteiger partial charge in [0.2, 0.25) is 0 Å². The van der Waals surface area contributed by atoms with Gasteiger partial charge in [-0.25, -0.2) is 0 Å². The molecule has 3 heteroatoms. The molecule has 1 radical (unpaired) electrons. The Balaban J connectivity index is 0.00000180. The fourth-order valence-corrected chi connectivity index (χ4v) is 2.42. The lowest BCUT2D eigenvalue weighted by Crippen LogP contribution is -2.25. The molecule has 1 aromatic rings. The Hall–Kier alpha value is -1.22. The fourth-order valence-electron chi connectivity index (χ4n) is 2.42. The van der Waals surface area contributed by atoms with Gasteiger partial charge in [-0.1, -0.05) is 40.2 Å². The summed E-state index contributed by atoms with van der Waals surface area (Å²) in [5, 5.41) is 19.1. The van der Waals surface area contributed by atoms with E-state index in [1.165, 1.54) is 31.7 Å². The summed E-state index contributed by atoms with van der Waals surface area (Å²) in [6, 6.07) is 4.86. The van der Waals surface area contributed by atoms with Crippen LogP contribution in [0.2, 0.25) is 0 Å². The van der Waals surface area contributed by atoms with E-state index in [1.54, 1.807) is 12.1 Å². The maximum atomic E-state index is 9.81. The molecule has 0 saturated carbocycles. The molecule has 0 spiro atoms. The van der Waals surface area contributed by atoms with E-state index in [2.05, 4.69) is 11.3 Å². The van der Waals surface area contributed by atoms with E-state index in [-0.39, 0.29) is 26.4 Å². The van der Waals surface area contributed by atoms with Crippen LogP contribution in [0.25, 0.3) is 0 Å². The van der Waals surface area contributed by atoms with Crippen molar-refractivity contribution in [1.29, 1.82) is 0 Å². The molecule has 0 atom stereocenters. The fraction of sp³-hybridized carbons (Fsp3) is 0.588. The minimum absolute atomic E-state index is 0. The zero-order valence-corrected chi connectivity index (χ0v) is 10.8. The van der Waals surface area contributed by atoms with Crippen LogP contribution in [0.5, 0.6) is 11.5 Å². The standard InChI is InChI=1S/C15H22NO2.2CH4/c17-14-8-7-13(15(18)11-14)12-16-9-5-3-1-2-4-6-10-16;;/h3,7-8,11,17-18H,1-2,4-6,9-10,12H2;2*1H4. The van der Waals surface area contributed by atoms with Gasteiger partial charge in [-0.15, -0.1) is 0 Å². The Kier molecular flexibility index (Phi) is 9.06. The van der Waals surface area contributed by atoms with Crippen LogP contribution in [0.3, 0.4) is 0 Å². The van der Waals surface area contributed by atoms with Crippen LogP contribution in [0.1, 0.15) is 52.5 Å². The largest absolute Gasteiger partial charge is 0.508 e. The third-order valence-electron chi connectivity index (χ3n) is 3.49. The first-order chi connectivity index (χ1) is 8.75. The van der Waals surface area contributed by atoms with Crippen LogP contribution >= 0.6 is 0 Å². The van der Waals surface area contributed by atoms with Gasteiger partial charge in [0.1, 0.15) is 11.5 Å². The van der Waals surface area contributed by atoms with Crippen LogP contribution in [0, 0.1) is 6.42 Å². The molecule has 1 heterocycles. The van der Waals surface area contributed by atoms with Crippen molar-refractivity contribution >= 4 is 0 Å². The van der Waals surface area contributed by atoms with Gasteiger partial charge in [0.25, 0.3) is 0 Å². The molecule has 20 heavy (non-hydrogen) atoms. The van der Waals surface area contributed by atoms with Crippen LogP contribution in [0.15, 0.2) is 18.2 Å². The molecule has 0 bridgehead atoms. The van der Waals surface area contributed by atoms with Gasteiger partial charge in [0.05, 0.1) is 0 Å². The van der Waals surface area contributed by atoms with Crippen LogP contribution in [-0.4, -0.2) is 28.2 Å². The first-order valence-electron chi connectivity index (χ1n) is 6.80.